The van der Waals surface area contributed by atoms with Crippen LogP contribution in [0, 0.1) is 13.8 Å². The third-order valence-electron chi connectivity index (χ3n) is 6.24. The smallest absolute Gasteiger partial charge is 0.00104 e. The molecular weight excluding hydrogens is 314 g/mol. The van der Waals surface area contributed by atoms with E-state index in [9.17, 15) is 0 Å². The predicted molar refractivity (Wildman–Crippen MR) is 113 cm³/mol. The first-order chi connectivity index (χ1) is 12.5. The summed E-state index contributed by atoms with van der Waals surface area (Å²) in [5, 5.41) is 0. The van der Waals surface area contributed by atoms with Gasteiger partial charge in [-0.1, -0.05) is 49.1 Å². The Kier molecular flexibility index (Phi) is 4.58. The van der Waals surface area contributed by atoms with Crippen LogP contribution in [0.25, 0.3) is 11.1 Å². The Morgan fingerprint density at radius 2 is 1.69 bits per heavy atom. The quantitative estimate of drug-likeness (QED) is 0.669. The van der Waals surface area contributed by atoms with Gasteiger partial charge in [0.05, 0.1) is 0 Å². The van der Waals surface area contributed by atoms with Crippen LogP contribution < -0.4 is 0 Å². The Morgan fingerprint density at radius 3 is 2.42 bits per heavy atom. The number of allylic oxidation sites excluding steroid dienone is 3. The van der Waals surface area contributed by atoms with E-state index >= 15 is 0 Å². The largest absolute Gasteiger partial charge is 0.306 e. The molecule has 0 bridgehead atoms. The van der Waals surface area contributed by atoms with E-state index in [1.165, 1.54) is 64.9 Å². The number of benzene rings is 2. The van der Waals surface area contributed by atoms with E-state index in [1.807, 2.05) is 0 Å². The summed E-state index contributed by atoms with van der Waals surface area (Å²) in [6.45, 7) is 11.3. The van der Waals surface area contributed by atoms with E-state index < -0.39 is 0 Å². The highest BCUT2D eigenvalue weighted by Gasteiger charge is 2.26. The monoisotopic (exact) mass is 343 g/mol. The van der Waals surface area contributed by atoms with Gasteiger partial charge in [-0.2, -0.15) is 0 Å². The fraction of sp³-hybridized carbons (Fsp3) is 0.360. The summed E-state index contributed by atoms with van der Waals surface area (Å²) >= 11 is 0. The molecule has 1 heteroatoms. The summed E-state index contributed by atoms with van der Waals surface area (Å²) in [5.74, 6) is 0.685. The van der Waals surface area contributed by atoms with E-state index in [0.717, 1.165) is 6.42 Å². The third-order valence-corrected chi connectivity index (χ3v) is 6.24. The Hall–Kier alpha value is -2.12. The van der Waals surface area contributed by atoms with Crippen LogP contribution in [0.2, 0.25) is 0 Å². The molecular formula is C25H29N. The lowest BCUT2D eigenvalue weighted by Gasteiger charge is -2.33. The molecule has 1 aliphatic heterocycles. The molecule has 0 N–H and O–H groups in total. The fourth-order valence-electron chi connectivity index (χ4n) is 4.75. The second kappa shape index (κ2) is 6.89. The zero-order valence-electron chi connectivity index (χ0n) is 16.3. The number of hydrogen-bond donors (Lipinski definition) is 0. The van der Waals surface area contributed by atoms with Crippen molar-refractivity contribution in [2.45, 2.75) is 39.0 Å². The first-order valence-corrected chi connectivity index (χ1v) is 9.81. The molecule has 0 spiro atoms. The molecule has 0 radical (unpaired) electrons. The maximum atomic E-state index is 4.44. The molecule has 26 heavy (non-hydrogen) atoms. The topological polar surface area (TPSA) is 3.24 Å². The van der Waals surface area contributed by atoms with Crippen molar-refractivity contribution in [3.63, 3.8) is 0 Å². The molecule has 0 atom stereocenters. The molecule has 4 rings (SSSR count). The molecule has 2 aromatic carbocycles. The third kappa shape index (κ3) is 3.05. The standard InChI is InChI=1S/C25H29N/c1-17-7-5-6-8-22(17)21-15-19(3)25-18(2)9-10-23(24(25)16-21)20-11-13-26(4)14-12-20/h5-10,15,20H,3,11-14,16H2,1-2,4H3. The summed E-state index contributed by atoms with van der Waals surface area (Å²) in [5.41, 5.74) is 11.2. The summed E-state index contributed by atoms with van der Waals surface area (Å²) in [6, 6.07) is 13.4. The van der Waals surface area contributed by atoms with Crippen LogP contribution in [-0.4, -0.2) is 25.0 Å². The summed E-state index contributed by atoms with van der Waals surface area (Å²) < 4.78 is 0. The van der Waals surface area contributed by atoms with Gasteiger partial charge in [-0.25, -0.2) is 0 Å². The van der Waals surface area contributed by atoms with E-state index in [4.69, 9.17) is 0 Å². The van der Waals surface area contributed by atoms with Crippen molar-refractivity contribution >= 4 is 11.1 Å². The van der Waals surface area contributed by atoms with Crippen molar-refractivity contribution in [2.75, 3.05) is 20.1 Å². The van der Waals surface area contributed by atoms with Gasteiger partial charge in [0, 0.05) is 0 Å². The zero-order valence-corrected chi connectivity index (χ0v) is 16.3. The normalized spacial score (nSPS) is 18.6. The molecule has 1 aliphatic carbocycles. The van der Waals surface area contributed by atoms with Gasteiger partial charge < -0.3 is 4.90 Å². The average molecular weight is 344 g/mol. The lowest BCUT2D eigenvalue weighted by atomic mass is 9.76. The van der Waals surface area contributed by atoms with Gasteiger partial charge in [0.15, 0.2) is 0 Å². The molecule has 1 fully saturated rings. The molecule has 134 valence electrons. The van der Waals surface area contributed by atoms with Gasteiger partial charge in [-0.15, -0.1) is 0 Å². The number of rotatable bonds is 2. The molecule has 0 amide bonds. The Morgan fingerprint density at radius 1 is 0.962 bits per heavy atom. The highest BCUT2D eigenvalue weighted by atomic mass is 15.1. The van der Waals surface area contributed by atoms with Crippen LogP contribution in [-0.2, 0) is 6.42 Å². The van der Waals surface area contributed by atoms with E-state index in [0.29, 0.717) is 5.92 Å². The predicted octanol–water partition coefficient (Wildman–Crippen LogP) is 5.77. The SMILES string of the molecule is C=C1C=C(c2ccccc2C)Cc2c(C3CCN(C)CC3)ccc(C)c21. The second-order valence-electron chi connectivity index (χ2n) is 8.09. The maximum Gasteiger partial charge on any atom is -0.00104 e. The van der Waals surface area contributed by atoms with Crippen molar-refractivity contribution < 1.29 is 0 Å². The fourth-order valence-corrected chi connectivity index (χ4v) is 4.75. The molecule has 0 unspecified atom stereocenters. The van der Waals surface area contributed by atoms with Crippen molar-refractivity contribution in [3.05, 3.63) is 82.4 Å². The lowest BCUT2D eigenvalue weighted by Crippen LogP contribution is -2.29. The van der Waals surface area contributed by atoms with Crippen LogP contribution in [0.4, 0.5) is 0 Å². The van der Waals surface area contributed by atoms with Crippen LogP contribution >= 0.6 is 0 Å². The van der Waals surface area contributed by atoms with Gasteiger partial charge in [-0.05, 0) is 104 Å². The number of fused-ring (bicyclic) bond motifs is 1. The van der Waals surface area contributed by atoms with Gasteiger partial charge in [0.25, 0.3) is 0 Å². The average Bonchev–Trinajstić information content (AvgIpc) is 2.63. The summed E-state index contributed by atoms with van der Waals surface area (Å²) in [7, 11) is 2.24. The molecule has 1 saturated heterocycles. The number of nitrogens with zero attached hydrogens (tertiary/aromatic N) is 1. The number of likely N-dealkylation sites (tertiary alicyclic amines) is 1. The molecule has 2 aromatic rings. The van der Waals surface area contributed by atoms with Gasteiger partial charge >= 0.3 is 0 Å². The highest BCUT2D eigenvalue weighted by molar-refractivity contribution is 5.91. The van der Waals surface area contributed by atoms with Gasteiger partial charge in [0.1, 0.15) is 0 Å². The maximum absolute atomic E-state index is 4.44. The minimum Gasteiger partial charge on any atom is -0.306 e. The molecule has 0 saturated carbocycles. The van der Waals surface area contributed by atoms with Crippen LogP contribution in [0.15, 0.2) is 49.1 Å². The zero-order chi connectivity index (χ0) is 18.3. The van der Waals surface area contributed by atoms with E-state index in [1.54, 1.807) is 5.56 Å². The molecule has 2 aliphatic rings. The molecule has 1 heterocycles. The molecule has 1 nitrogen and oxygen atoms in total. The van der Waals surface area contributed by atoms with Crippen molar-refractivity contribution in [1.29, 1.82) is 0 Å². The minimum absolute atomic E-state index is 0.685. The van der Waals surface area contributed by atoms with Crippen LogP contribution in [0.1, 0.15) is 52.1 Å². The molecule has 0 aromatic heterocycles. The Labute approximate surface area is 158 Å². The van der Waals surface area contributed by atoms with Gasteiger partial charge in [-0.3, -0.25) is 0 Å². The van der Waals surface area contributed by atoms with Gasteiger partial charge in [0.2, 0.25) is 0 Å². The van der Waals surface area contributed by atoms with E-state index in [-0.39, 0.29) is 0 Å². The number of hydrogen-bond acceptors (Lipinski definition) is 1. The summed E-state index contributed by atoms with van der Waals surface area (Å²) in [4.78, 5) is 2.45. The van der Waals surface area contributed by atoms with Crippen molar-refractivity contribution in [3.8, 4) is 0 Å². The first kappa shape index (κ1) is 17.3. The Balaban J connectivity index is 1.77. The Bertz CT molecular complexity index is 879. The van der Waals surface area contributed by atoms with Crippen LogP contribution in [0.3, 0.4) is 0 Å². The number of aryl methyl sites for hydroxylation is 2. The summed E-state index contributed by atoms with van der Waals surface area (Å²) in [6.07, 6.45) is 5.88. The van der Waals surface area contributed by atoms with Crippen molar-refractivity contribution in [2.24, 2.45) is 0 Å². The second-order valence-corrected chi connectivity index (χ2v) is 8.09. The first-order valence-electron chi connectivity index (χ1n) is 9.81. The minimum atomic E-state index is 0.685. The van der Waals surface area contributed by atoms with Crippen molar-refractivity contribution in [1.82, 2.24) is 4.90 Å². The number of piperidine rings is 1. The van der Waals surface area contributed by atoms with Crippen LogP contribution in [0.5, 0.6) is 0 Å². The lowest BCUT2D eigenvalue weighted by molar-refractivity contribution is 0.255. The highest BCUT2D eigenvalue weighted by Crippen LogP contribution is 2.41. The van der Waals surface area contributed by atoms with E-state index in [2.05, 4.69) is 74.8 Å².